The second-order valence-electron chi connectivity index (χ2n) is 1.97. The normalized spacial score (nSPS) is 9.18. The molecule has 11 heavy (non-hydrogen) atoms. The summed E-state index contributed by atoms with van der Waals surface area (Å²) in [6.07, 6.45) is 0. The van der Waals surface area contributed by atoms with Crippen LogP contribution in [0.25, 0.3) is 0 Å². The molecule has 0 saturated heterocycles. The van der Waals surface area contributed by atoms with Crippen molar-refractivity contribution in [2.24, 2.45) is 10.4 Å². The lowest BCUT2D eigenvalue weighted by Crippen LogP contribution is -1.72. The lowest BCUT2D eigenvalue weighted by Gasteiger charge is -1.95. The maximum absolute atomic E-state index is 10.1. The molecule has 0 atom stereocenters. The Morgan fingerprint density at radius 1 is 1.18 bits per heavy atom. The molecule has 0 amide bonds. The van der Waals surface area contributed by atoms with Gasteiger partial charge in [-0.3, -0.25) is 0 Å². The van der Waals surface area contributed by atoms with Gasteiger partial charge in [0.1, 0.15) is 11.4 Å². The van der Waals surface area contributed by atoms with Crippen molar-refractivity contribution in [1.29, 1.82) is 0 Å². The number of benzene rings is 1. The van der Waals surface area contributed by atoms with Gasteiger partial charge in [0.05, 0.1) is 0 Å². The molecular weight excluding hydrogens is 144 g/mol. The molecule has 0 fully saturated rings. The molecule has 0 aliphatic rings. The molecule has 0 unspecified atom stereocenters. The van der Waals surface area contributed by atoms with Crippen LogP contribution in [0.4, 0.5) is 11.4 Å². The zero-order valence-corrected chi connectivity index (χ0v) is 5.65. The topological polar surface area (TPSA) is 58.9 Å². The van der Waals surface area contributed by atoms with Crippen molar-refractivity contribution in [2.75, 3.05) is 0 Å². The smallest absolute Gasteiger partial charge is 0.140 e. The molecule has 0 aliphatic heterocycles. The first-order valence-corrected chi connectivity index (χ1v) is 2.91. The SMILES string of the molecule is [CH2]c1cccc(N=O)c1N=O. The lowest BCUT2D eigenvalue weighted by molar-refractivity contribution is 1.39. The number of nitroso groups, excluding NO2 is 2. The van der Waals surface area contributed by atoms with Gasteiger partial charge >= 0.3 is 0 Å². The van der Waals surface area contributed by atoms with Crippen LogP contribution < -0.4 is 0 Å². The molecule has 0 bridgehead atoms. The van der Waals surface area contributed by atoms with Crippen molar-refractivity contribution in [2.45, 2.75) is 0 Å². The molecule has 1 aromatic carbocycles. The maximum atomic E-state index is 10.1. The van der Waals surface area contributed by atoms with Crippen LogP contribution in [0.15, 0.2) is 28.6 Å². The number of hydrogen-bond acceptors (Lipinski definition) is 4. The highest BCUT2D eigenvalue weighted by molar-refractivity contribution is 5.66. The molecule has 0 aromatic heterocycles. The van der Waals surface area contributed by atoms with Crippen molar-refractivity contribution in [1.82, 2.24) is 0 Å². The van der Waals surface area contributed by atoms with E-state index in [1.165, 1.54) is 6.07 Å². The van der Waals surface area contributed by atoms with Crippen molar-refractivity contribution < 1.29 is 0 Å². The Labute approximate surface area is 63.2 Å². The zero-order chi connectivity index (χ0) is 8.27. The van der Waals surface area contributed by atoms with Gasteiger partial charge in [-0.25, -0.2) is 0 Å². The Bertz CT molecular complexity index is 296. The van der Waals surface area contributed by atoms with Gasteiger partial charge in [-0.2, -0.15) is 0 Å². The van der Waals surface area contributed by atoms with E-state index in [-0.39, 0.29) is 11.4 Å². The molecule has 4 nitrogen and oxygen atoms in total. The molecule has 0 saturated carbocycles. The average Bonchev–Trinajstić information content (AvgIpc) is 2.04. The van der Waals surface area contributed by atoms with Gasteiger partial charge in [-0.05, 0) is 28.9 Å². The van der Waals surface area contributed by atoms with Crippen LogP contribution in [0.5, 0.6) is 0 Å². The second-order valence-corrected chi connectivity index (χ2v) is 1.97. The van der Waals surface area contributed by atoms with E-state index in [1.807, 2.05) is 0 Å². The van der Waals surface area contributed by atoms with Crippen LogP contribution in [0, 0.1) is 16.7 Å². The van der Waals surface area contributed by atoms with Crippen molar-refractivity contribution in [3.63, 3.8) is 0 Å². The summed E-state index contributed by atoms with van der Waals surface area (Å²) < 4.78 is 0. The van der Waals surface area contributed by atoms with Crippen molar-refractivity contribution in [3.05, 3.63) is 40.5 Å². The van der Waals surface area contributed by atoms with E-state index >= 15 is 0 Å². The highest BCUT2D eigenvalue weighted by atomic mass is 16.3. The lowest BCUT2D eigenvalue weighted by atomic mass is 10.2. The number of hydrogen-bond donors (Lipinski definition) is 0. The summed E-state index contributed by atoms with van der Waals surface area (Å²) in [6, 6.07) is 4.59. The fourth-order valence-electron chi connectivity index (χ4n) is 0.757. The summed E-state index contributed by atoms with van der Waals surface area (Å²) in [5.74, 6) is 0. The van der Waals surface area contributed by atoms with Gasteiger partial charge < -0.3 is 0 Å². The fraction of sp³-hybridized carbons (Fsp3) is 0. The third-order valence-corrected chi connectivity index (χ3v) is 1.29. The van der Waals surface area contributed by atoms with Crippen molar-refractivity contribution >= 4 is 11.4 Å². The predicted molar refractivity (Wildman–Crippen MR) is 41.8 cm³/mol. The minimum Gasteiger partial charge on any atom is -0.145 e. The Balaban J connectivity index is 3.35. The highest BCUT2D eigenvalue weighted by Gasteiger charge is 2.04. The molecular formula is C7H5N2O2. The van der Waals surface area contributed by atoms with Crippen LogP contribution in [0.1, 0.15) is 5.56 Å². The van der Waals surface area contributed by atoms with E-state index in [4.69, 9.17) is 0 Å². The van der Waals surface area contributed by atoms with Gasteiger partial charge in [0.25, 0.3) is 0 Å². The Morgan fingerprint density at radius 2 is 1.91 bits per heavy atom. The summed E-state index contributed by atoms with van der Waals surface area (Å²) in [5, 5.41) is 5.25. The van der Waals surface area contributed by atoms with E-state index in [2.05, 4.69) is 17.3 Å². The van der Waals surface area contributed by atoms with Gasteiger partial charge in [0.15, 0.2) is 0 Å². The van der Waals surface area contributed by atoms with Gasteiger partial charge in [-0.1, -0.05) is 12.1 Å². The van der Waals surface area contributed by atoms with Crippen LogP contribution in [0.3, 0.4) is 0 Å². The van der Waals surface area contributed by atoms with Crippen LogP contribution in [0.2, 0.25) is 0 Å². The predicted octanol–water partition coefficient (Wildman–Crippen LogP) is 2.66. The Morgan fingerprint density at radius 3 is 2.36 bits per heavy atom. The van der Waals surface area contributed by atoms with E-state index in [0.29, 0.717) is 5.56 Å². The first-order valence-electron chi connectivity index (χ1n) is 2.91. The molecule has 0 aliphatic carbocycles. The Hall–Kier alpha value is -1.58. The highest BCUT2D eigenvalue weighted by Crippen LogP contribution is 2.30. The minimum atomic E-state index is 0.0162. The molecule has 1 radical (unpaired) electrons. The molecule has 0 heterocycles. The van der Waals surface area contributed by atoms with Gasteiger partial charge in [-0.15, -0.1) is 9.81 Å². The van der Waals surface area contributed by atoms with E-state index in [1.54, 1.807) is 12.1 Å². The number of rotatable bonds is 2. The molecule has 0 N–H and O–H groups in total. The Kier molecular flexibility index (Phi) is 2.06. The first-order chi connectivity index (χ1) is 5.29. The fourth-order valence-corrected chi connectivity index (χ4v) is 0.757. The third kappa shape index (κ3) is 1.29. The van der Waals surface area contributed by atoms with Crippen LogP contribution >= 0.6 is 0 Å². The molecule has 1 rings (SSSR count). The minimum absolute atomic E-state index is 0.0162. The molecule has 0 spiro atoms. The van der Waals surface area contributed by atoms with E-state index < -0.39 is 0 Å². The van der Waals surface area contributed by atoms with Gasteiger partial charge in [0, 0.05) is 0 Å². The summed E-state index contributed by atoms with van der Waals surface area (Å²) in [4.78, 5) is 20.2. The van der Waals surface area contributed by atoms with Crippen molar-refractivity contribution in [3.8, 4) is 0 Å². The standard InChI is InChI=1S/C7H5N2O2/c1-5-3-2-4-6(8-10)7(5)9-11/h2-4H,1H2. The monoisotopic (exact) mass is 149 g/mol. The first kappa shape index (κ1) is 7.53. The van der Waals surface area contributed by atoms with Crippen LogP contribution in [-0.2, 0) is 0 Å². The molecule has 4 heteroatoms. The van der Waals surface area contributed by atoms with E-state index in [9.17, 15) is 9.81 Å². The largest absolute Gasteiger partial charge is 0.145 e. The molecule has 1 aromatic rings. The summed E-state index contributed by atoms with van der Waals surface area (Å²) >= 11 is 0. The van der Waals surface area contributed by atoms with E-state index in [0.717, 1.165) is 0 Å². The van der Waals surface area contributed by atoms with Gasteiger partial charge in [0.2, 0.25) is 0 Å². The molecule has 55 valence electrons. The summed E-state index contributed by atoms with van der Waals surface area (Å²) in [7, 11) is 0. The zero-order valence-electron chi connectivity index (χ0n) is 5.65. The third-order valence-electron chi connectivity index (χ3n) is 1.29. The summed E-state index contributed by atoms with van der Waals surface area (Å²) in [5.41, 5.74) is 0.465. The quantitative estimate of drug-likeness (QED) is 0.607. The average molecular weight is 149 g/mol. The van der Waals surface area contributed by atoms with Crippen LogP contribution in [-0.4, -0.2) is 0 Å². The maximum Gasteiger partial charge on any atom is 0.140 e. The number of nitrogens with zero attached hydrogens (tertiary/aromatic N) is 2. The summed E-state index contributed by atoms with van der Waals surface area (Å²) in [6.45, 7) is 3.51. The second kappa shape index (κ2) is 3.01.